The van der Waals surface area contributed by atoms with E-state index in [-0.39, 0.29) is 0 Å². The van der Waals surface area contributed by atoms with E-state index in [0.717, 1.165) is 5.56 Å². The van der Waals surface area contributed by atoms with E-state index in [1.807, 2.05) is 18.3 Å². The zero-order valence-corrected chi connectivity index (χ0v) is 8.83. The molecule has 1 aromatic heterocycles. The number of aryl methyl sites for hydroxylation is 1. The number of nitrogens with zero attached hydrogens (tertiary/aromatic N) is 1. The molecule has 0 aliphatic carbocycles. The third-order valence-corrected chi connectivity index (χ3v) is 2.72. The van der Waals surface area contributed by atoms with Gasteiger partial charge in [0.15, 0.2) is 0 Å². The molecular formula is C13H12N2. The van der Waals surface area contributed by atoms with E-state index in [9.17, 15) is 0 Å². The zero-order valence-electron chi connectivity index (χ0n) is 8.83. The summed E-state index contributed by atoms with van der Waals surface area (Å²) in [6.07, 6.45) is 1.88. The Morgan fingerprint density at radius 1 is 1.27 bits per heavy atom. The molecule has 0 bridgehead atoms. The highest BCUT2D eigenvalue weighted by Gasteiger charge is 2.05. The van der Waals surface area contributed by atoms with Gasteiger partial charge in [-0.05, 0) is 36.6 Å². The Kier molecular flexibility index (Phi) is 2.31. The van der Waals surface area contributed by atoms with Crippen LogP contribution >= 0.6 is 0 Å². The first-order valence-electron chi connectivity index (χ1n) is 4.87. The minimum Gasteiger partial charge on any atom is -0.353 e. The van der Waals surface area contributed by atoms with Crippen LogP contribution in [0.1, 0.15) is 16.8 Å². The van der Waals surface area contributed by atoms with Crippen molar-refractivity contribution in [3.8, 4) is 17.2 Å². The highest BCUT2D eigenvalue weighted by atomic mass is 14.7. The number of hydrogen-bond acceptors (Lipinski definition) is 1. The SMILES string of the molecule is Cc1cccc(-c2c[nH]c(C#N)c2)c1C. The fraction of sp³-hybridized carbons (Fsp3) is 0.154. The lowest BCUT2D eigenvalue weighted by Crippen LogP contribution is -1.84. The van der Waals surface area contributed by atoms with E-state index in [1.54, 1.807) is 0 Å². The van der Waals surface area contributed by atoms with Crippen LogP contribution in [0.15, 0.2) is 30.5 Å². The maximum atomic E-state index is 8.74. The van der Waals surface area contributed by atoms with Crippen molar-refractivity contribution in [3.05, 3.63) is 47.3 Å². The van der Waals surface area contributed by atoms with Gasteiger partial charge in [0, 0.05) is 11.8 Å². The number of aromatic nitrogens is 1. The van der Waals surface area contributed by atoms with Gasteiger partial charge in [0.05, 0.1) is 0 Å². The molecule has 0 aliphatic heterocycles. The van der Waals surface area contributed by atoms with Crippen LogP contribution in [-0.4, -0.2) is 4.98 Å². The standard InChI is InChI=1S/C13H12N2/c1-9-4-3-5-13(10(9)2)11-6-12(7-14)15-8-11/h3-6,8,15H,1-2H3. The van der Waals surface area contributed by atoms with E-state index in [1.165, 1.54) is 16.7 Å². The topological polar surface area (TPSA) is 39.6 Å². The molecule has 2 rings (SSSR count). The maximum Gasteiger partial charge on any atom is 0.118 e. The van der Waals surface area contributed by atoms with E-state index in [4.69, 9.17) is 5.26 Å². The quantitative estimate of drug-likeness (QED) is 0.747. The van der Waals surface area contributed by atoms with Crippen LogP contribution in [0, 0.1) is 25.2 Å². The summed E-state index contributed by atoms with van der Waals surface area (Å²) in [7, 11) is 0. The second-order valence-electron chi connectivity index (χ2n) is 3.66. The van der Waals surface area contributed by atoms with Crippen molar-refractivity contribution in [2.75, 3.05) is 0 Å². The molecule has 0 saturated carbocycles. The van der Waals surface area contributed by atoms with Crippen LogP contribution in [-0.2, 0) is 0 Å². The van der Waals surface area contributed by atoms with Gasteiger partial charge in [-0.1, -0.05) is 18.2 Å². The Morgan fingerprint density at radius 3 is 2.73 bits per heavy atom. The molecule has 2 aromatic rings. The minimum atomic E-state index is 0.603. The molecule has 74 valence electrons. The summed E-state index contributed by atoms with van der Waals surface area (Å²) < 4.78 is 0. The molecule has 0 amide bonds. The van der Waals surface area contributed by atoms with Gasteiger partial charge in [-0.15, -0.1) is 0 Å². The number of aromatic amines is 1. The highest BCUT2D eigenvalue weighted by Crippen LogP contribution is 2.25. The summed E-state index contributed by atoms with van der Waals surface area (Å²) in [6.45, 7) is 4.19. The summed E-state index contributed by atoms with van der Waals surface area (Å²) in [5, 5.41) is 8.74. The van der Waals surface area contributed by atoms with Crippen molar-refractivity contribution in [2.45, 2.75) is 13.8 Å². The molecule has 0 fully saturated rings. The molecule has 1 heterocycles. The van der Waals surface area contributed by atoms with Gasteiger partial charge in [0.2, 0.25) is 0 Å². The van der Waals surface area contributed by atoms with Crippen LogP contribution in [0.5, 0.6) is 0 Å². The second-order valence-corrected chi connectivity index (χ2v) is 3.66. The van der Waals surface area contributed by atoms with E-state index < -0.39 is 0 Å². The minimum absolute atomic E-state index is 0.603. The average molecular weight is 196 g/mol. The number of H-pyrrole nitrogens is 1. The average Bonchev–Trinajstić information content (AvgIpc) is 2.70. The number of hydrogen-bond donors (Lipinski definition) is 1. The molecule has 0 radical (unpaired) electrons. The lowest BCUT2D eigenvalue weighted by Gasteiger charge is -2.05. The molecule has 0 aliphatic rings. The summed E-state index contributed by atoms with van der Waals surface area (Å²) >= 11 is 0. The van der Waals surface area contributed by atoms with Crippen molar-refractivity contribution >= 4 is 0 Å². The van der Waals surface area contributed by atoms with Crippen molar-refractivity contribution in [1.29, 1.82) is 5.26 Å². The zero-order chi connectivity index (χ0) is 10.8. The Hall–Kier alpha value is -2.01. The van der Waals surface area contributed by atoms with Crippen LogP contribution in [0.25, 0.3) is 11.1 Å². The smallest absolute Gasteiger partial charge is 0.118 e. The van der Waals surface area contributed by atoms with E-state index >= 15 is 0 Å². The molecule has 15 heavy (non-hydrogen) atoms. The van der Waals surface area contributed by atoms with Crippen LogP contribution < -0.4 is 0 Å². The highest BCUT2D eigenvalue weighted by molar-refractivity contribution is 5.69. The van der Waals surface area contributed by atoms with Gasteiger partial charge in [-0.25, -0.2) is 0 Å². The van der Waals surface area contributed by atoms with Crippen molar-refractivity contribution < 1.29 is 0 Å². The van der Waals surface area contributed by atoms with Gasteiger partial charge >= 0.3 is 0 Å². The second kappa shape index (κ2) is 3.62. The molecule has 0 saturated heterocycles. The number of nitrogens with one attached hydrogen (secondary N) is 1. The fourth-order valence-electron chi connectivity index (χ4n) is 1.68. The van der Waals surface area contributed by atoms with Crippen LogP contribution in [0.4, 0.5) is 0 Å². The molecule has 1 aromatic carbocycles. The fourth-order valence-corrected chi connectivity index (χ4v) is 1.68. The van der Waals surface area contributed by atoms with Gasteiger partial charge in [0.1, 0.15) is 11.8 Å². The molecular weight excluding hydrogens is 184 g/mol. The monoisotopic (exact) mass is 196 g/mol. The summed E-state index contributed by atoms with van der Waals surface area (Å²) in [4.78, 5) is 2.94. The number of nitriles is 1. The van der Waals surface area contributed by atoms with Crippen molar-refractivity contribution in [2.24, 2.45) is 0 Å². The maximum absolute atomic E-state index is 8.74. The Morgan fingerprint density at radius 2 is 2.07 bits per heavy atom. The number of benzene rings is 1. The Bertz CT molecular complexity index is 530. The van der Waals surface area contributed by atoms with Gasteiger partial charge in [-0.2, -0.15) is 5.26 Å². The first kappa shape index (κ1) is 9.54. The summed E-state index contributed by atoms with van der Waals surface area (Å²) in [5.41, 5.74) is 5.40. The van der Waals surface area contributed by atoms with E-state index in [2.05, 4.69) is 37.0 Å². The predicted molar refractivity (Wildman–Crippen MR) is 60.4 cm³/mol. The largest absolute Gasteiger partial charge is 0.353 e. The predicted octanol–water partition coefficient (Wildman–Crippen LogP) is 3.17. The van der Waals surface area contributed by atoms with E-state index in [0.29, 0.717) is 5.69 Å². The lowest BCUT2D eigenvalue weighted by molar-refractivity contribution is 1.33. The Labute approximate surface area is 89.2 Å². The molecule has 2 nitrogen and oxygen atoms in total. The summed E-state index contributed by atoms with van der Waals surface area (Å²) in [6, 6.07) is 10.2. The Balaban J connectivity index is 2.55. The van der Waals surface area contributed by atoms with Crippen LogP contribution in [0.2, 0.25) is 0 Å². The normalized spacial score (nSPS) is 9.93. The molecule has 1 N–H and O–H groups in total. The first-order chi connectivity index (χ1) is 7.22. The van der Waals surface area contributed by atoms with Gasteiger partial charge < -0.3 is 4.98 Å². The third kappa shape index (κ3) is 1.64. The third-order valence-electron chi connectivity index (χ3n) is 2.72. The molecule has 0 spiro atoms. The van der Waals surface area contributed by atoms with Crippen molar-refractivity contribution in [3.63, 3.8) is 0 Å². The first-order valence-corrected chi connectivity index (χ1v) is 4.87. The molecule has 0 unspecified atom stereocenters. The lowest BCUT2D eigenvalue weighted by atomic mass is 9.99. The molecule has 2 heteroatoms. The van der Waals surface area contributed by atoms with Crippen LogP contribution in [0.3, 0.4) is 0 Å². The van der Waals surface area contributed by atoms with Gasteiger partial charge in [-0.3, -0.25) is 0 Å². The number of rotatable bonds is 1. The molecule has 0 atom stereocenters. The summed E-state index contributed by atoms with van der Waals surface area (Å²) in [5.74, 6) is 0. The van der Waals surface area contributed by atoms with Gasteiger partial charge in [0.25, 0.3) is 0 Å². The van der Waals surface area contributed by atoms with Crippen molar-refractivity contribution in [1.82, 2.24) is 4.98 Å².